The van der Waals surface area contributed by atoms with Crippen molar-refractivity contribution in [2.45, 2.75) is 20.0 Å². The maximum absolute atomic E-state index is 13.8. The second-order valence-corrected chi connectivity index (χ2v) is 8.02. The molecular weight excluding hydrogens is 409 g/mol. The van der Waals surface area contributed by atoms with Crippen LogP contribution in [0.3, 0.4) is 0 Å². The quantitative estimate of drug-likeness (QED) is 0.452. The number of hydrogen-bond acceptors (Lipinski definition) is 7. The van der Waals surface area contributed by atoms with Crippen LogP contribution in [0, 0.1) is 12.7 Å². The molecule has 2 aromatic carbocycles. The Morgan fingerprint density at radius 1 is 0.875 bits per heavy atom. The van der Waals surface area contributed by atoms with Gasteiger partial charge in [-0.25, -0.2) is 9.37 Å². The molecule has 32 heavy (non-hydrogen) atoms. The molecule has 2 aromatic heterocycles. The van der Waals surface area contributed by atoms with Gasteiger partial charge in [-0.05, 0) is 18.6 Å². The van der Waals surface area contributed by atoms with E-state index < -0.39 is 0 Å². The fraction of sp³-hybridized carbons (Fsp3) is 0.292. The van der Waals surface area contributed by atoms with Crippen LogP contribution in [0.4, 0.5) is 4.39 Å². The molecule has 0 radical (unpaired) electrons. The second kappa shape index (κ2) is 9.02. The summed E-state index contributed by atoms with van der Waals surface area (Å²) < 4.78 is 24.9. The lowest BCUT2D eigenvalue weighted by Crippen LogP contribution is -2.45. The average molecular weight is 433 g/mol. The molecule has 4 aromatic rings. The largest absolute Gasteiger partial charge is 0.447 e. The third kappa shape index (κ3) is 4.61. The lowest BCUT2D eigenvalue weighted by Gasteiger charge is -2.33. The van der Waals surface area contributed by atoms with Crippen LogP contribution in [-0.4, -0.2) is 51.1 Å². The average Bonchev–Trinajstić information content (AvgIpc) is 3.48. The van der Waals surface area contributed by atoms with E-state index in [2.05, 4.69) is 24.9 Å². The van der Waals surface area contributed by atoms with Gasteiger partial charge in [0.15, 0.2) is 0 Å². The highest BCUT2D eigenvalue weighted by molar-refractivity contribution is 5.57. The molecule has 0 atom stereocenters. The number of aromatic nitrogens is 3. The SMILES string of the molecule is Cc1ccc(-c2noc(CN3CCN(Cc4nc(-c5ccccc5)co4)CC3)n2)cc1F. The molecule has 3 heterocycles. The Labute approximate surface area is 185 Å². The number of aryl methyl sites for hydroxylation is 1. The van der Waals surface area contributed by atoms with Gasteiger partial charge in [0.2, 0.25) is 17.6 Å². The van der Waals surface area contributed by atoms with Crippen molar-refractivity contribution in [3.05, 3.63) is 78.0 Å². The molecule has 1 fully saturated rings. The van der Waals surface area contributed by atoms with E-state index in [-0.39, 0.29) is 5.82 Å². The maximum Gasteiger partial charge on any atom is 0.241 e. The smallest absolute Gasteiger partial charge is 0.241 e. The Bertz CT molecular complexity index is 1180. The van der Waals surface area contributed by atoms with Gasteiger partial charge < -0.3 is 8.94 Å². The summed E-state index contributed by atoms with van der Waals surface area (Å²) in [5.74, 6) is 1.40. The van der Waals surface area contributed by atoms with Crippen molar-refractivity contribution in [2.75, 3.05) is 26.2 Å². The fourth-order valence-electron chi connectivity index (χ4n) is 3.78. The van der Waals surface area contributed by atoms with Gasteiger partial charge in [-0.1, -0.05) is 47.6 Å². The van der Waals surface area contributed by atoms with E-state index in [1.54, 1.807) is 25.3 Å². The van der Waals surface area contributed by atoms with Gasteiger partial charge in [-0.3, -0.25) is 9.80 Å². The Morgan fingerprint density at radius 2 is 1.59 bits per heavy atom. The summed E-state index contributed by atoms with van der Waals surface area (Å²) in [5.41, 5.74) is 3.13. The van der Waals surface area contributed by atoms with E-state index in [0.29, 0.717) is 35.9 Å². The molecule has 0 N–H and O–H groups in total. The molecule has 0 bridgehead atoms. The predicted octanol–water partition coefficient (Wildman–Crippen LogP) is 4.16. The number of benzene rings is 2. The molecule has 8 heteroatoms. The summed E-state index contributed by atoms with van der Waals surface area (Å²) in [6.07, 6.45) is 1.72. The second-order valence-electron chi connectivity index (χ2n) is 8.02. The highest BCUT2D eigenvalue weighted by atomic mass is 19.1. The van der Waals surface area contributed by atoms with Crippen LogP contribution in [0.1, 0.15) is 17.3 Å². The summed E-state index contributed by atoms with van der Waals surface area (Å²) in [6, 6.07) is 15.0. The van der Waals surface area contributed by atoms with Gasteiger partial charge in [0.25, 0.3) is 0 Å². The lowest BCUT2D eigenvalue weighted by atomic mass is 10.1. The van der Waals surface area contributed by atoms with Gasteiger partial charge in [-0.15, -0.1) is 0 Å². The van der Waals surface area contributed by atoms with Crippen molar-refractivity contribution in [3.8, 4) is 22.6 Å². The highest BCUT2D eigenvalue weighted by Gasteiger charge is 2.21. The maximum atomic E-state index is 13.8. The summed E-state index contributed by atoms with van der Waals surface area (Å²) in [4.78, 5) is 13.7. The zero-order valence-corrected chi connectivity index (χ0v) is 17.9. The van der Waals surface area contributed by atoms with E-state index in [1.807, 2.05) is 30.3 Å². The topological polar surface area (TPSA) is 71.4 Å². The summed E-state index contributed by atoms with van der Waals surface area (Å²) in [7, 11) is 0. The molecule has 1 aliphatic rings. The van der Waals surface area contributed by atoms with Crippen LogP contribution in [-0.2, 0) is 13.1 Å². The Balaban J connectivity index is 1.14. The van der Waals surface area contributed by atoms with Crippen molar-refractivity contribution in [2.24, 2.45) is 0 Å². The standard InChI is InChI=1S/C24H24FN5O2/c1-17-7-8-19(13-20(17)25)24-27-23(32-28-24)15-30-11-9-29(10-12-30)14-22-26-21(16-31-22)18-5-3-2-4-6-18/h2-8,13,16H,9-12,14-15H2,1H3. The summed E-state index contributed by atoms with van der Waals surface area (Å²) in [6.45, 7) is 6.54. The molecule has 5 rings (SSSR count). The Morgan fingerprint density at radius 3 is 2.31 bits per heavy atom. The van der Waals surface area contributed by atoms with Crippen molar-refractivity contribution < 1.29 is 13.3 Å². The van der Waals surface area contributed by atoms with E-state index in [0.717, 1.165) is 43.3 Å². The summed E-state index contributed by atoms with van der Waals surface area (Å²) in [5, 5.41) is 4.01. The number of halogens is 1. The minimum atomic E-state index is -0.271. The lowest BCUT2D eigenvalue weighted by molar-refractivity contribution is 0.105. The van der Waals surface area contributed by atoms with E-state index in [9.17, 15) is 4.39 Å². The first-order valence-electron chi connectivity index (χ1n) is 10.7. The number of hydrogen-bond donors (Lipinski definition) is 0. The molecule has 164 valence electrons. The van der Waals surface area contributed by atoms with Crippen molar-refractivity contribution in [1.29, 1.82) is 0 Å². The van der Waals surface area contributed by atoms with Crippen LogP contribution in [0.5, 0.6) is 0 Å². The first-order valence-corrected chi connectivity index (χ1v) is 10.7. The first kappa shape index (κ1) is 20.5. The molecule has 0 amide bonds. The third-order valence-electron chi connectivity index (χ3n) is 5.70. The number of rotatable bonds is 6. The van der Waals surface area contributed by atoms with Crippen molar-refractivity contribution in [3.63, 3.8) is 0 Å². The number of nitrogens with zero attached hydrogens (tertiary/aromatic N) is 5. The predicted molar refractivity (Wildman–Crippen MR) is 117 cm³/mol. The molecule has 7 nitrogen and oxygen atoms in total. The molecule has 0 saturated carbocycles. The molecular formula is C24H24FN5O2. The van der Waals surface area contributed by atoms with Crippen LogP contribution in [0.15, 0.2) is 63.7 Å². The summed E-state index contributed by atoms with van der Waals surface area (Å²) >= 11 is 0. The van der Waals surface area contributed by atoms with E-state index in [1.165, 1.54) is 6.07 Å². The normalized spacial score (nSPS) is 15.3. The van der Waals surface area contributed by atoms with E-state index in [4.69, 9.17) is 8.94 Å². The molecule has 1 saturated heterocycles. The zero-order valence-electron chi connectivity index (χ0n) is 17.9. The molecule has 1 aliphatic heterocycles. The van der Waals surface area contributed by atoms with Gasteiger partial charge in [-0.2, -0.15) is 4.98 Å². The molecule has 0 aliphatic carbocycles. The Hall–Kier alpha value is -3.36. The van der Waals surface area contributed by atoms with Gasteiger partial charge in [0.05, 0.1) is 13.1 Å². The highest BCUT2D eigenvalue weighted by Crippen LogP contribution is 2.21. The van der Waals surface area contributed by atoms with Gasteiger partial charge >= 0.3 is 0 Å². The number of piperazine rings is 1. The van der Waals surface area contributed by atoms with Crippen molar-refractivity contribution >= 4 is 0 Å². The molecule has 0 spiro atoms. The van der Waals surface area contributed by atoms with Crippen LogP contribution in [0.25, 0.3) is 22.6 Å². The van der Waals surface area contributed by atoms with Crippen molar-refractivity contribution in [1.82, 2.24) is 24.9 Å². The monoisotopic (exact) mass is 433 g/mol. The van der Waals surface area contributed by atoms with Crippen LogP contribution < -0.4 is 0 Å². The zero-order chi connectivity index (χ0) is 21.9. The van der Waals surface area contributed by atoms with Crippen LogP contribution >= 0.6 is 0 Å². The first-order chi connectivity index (χ1) is 15.6. The minimum absolute atomic E-state index is 0.271. The van der Waals surface area contributed by atoms with Crippen LogP contribution in [0.2, 0.25) is 0 Å². The fourth-order valence-corrected chi connectivity index (χ4v) is 3.78. The minimum Gasteiger partial charge on any atom is -0.447 e. The molecule has 0 unspecified atom stereocenters. The number of oxazole rings is 1. The Kier molecular flexibility index (Phi) is 5.79. The van der Waals surface area contributed by atoms with Gasteiger partial charge in [0.1, 0.15) is 17.8 Å². The van der Waals surface area contributed by atoms with E-state index >= 15 is 0 Å². The third-order valence-corrected chi connectivity index (χ3v) is 5.70. The van der Waals surface area contributed by atoms with Gasteiger partial charge in [0, 0.05) is 37.3 Å².